The Morgan fingerprint density at radius 2 is 1.59 bits per heavy atom. The highest BCUT2D eigenvalue weighted by Crippen LogP contribution is 2.33. The number of amidine groups is 1. The number of alkyl halides is 3. The fourth-order valence-corrected chi connectivity index (χ4v) is 3.04. The van der Waals surface area contributed by atoms with Crippen LogP contribution >= 0.6 is 0 Å². The molecule has 218 valence electrons. The Bertz CT molecular complexity index is 1390. The molecular weight excluding hydrogens is 556 g/mol. The molecule has 0 aliphatic rings. The molecule has 1 heterocycles. The van der Waals surface area contributed by atoms with Crippen LogP contribution in [0.1, 0.15) is 27.7 Å². The van der Waals surface area contributed by atoms with E-state index in [1.807, 2.05) is 0 Å². The number of aromatic nitrogens is 1. The lowest BCUT2D eigenvalue weighted by molar-refractivity contribution is -0.192. The number of hydrogen-bond acceptors (Lipinski definition) is 8. The molecule has 0 spiro atoms. The highest BCUT2D eigenvalue weighted by atomic mass is 19.4. The van der Waals surface area contributed by atoms with Gasteiger partial charge in [-0.05, 0) is 42.5 Å². The van der Waals surface area contributed by atoms with Gasteiger partial charge in [0.2, 0.25) is 0 Å². The third kappa shape index (κ3) is 9.09. The molecule has 0 fully saturated rings. The zero-order valence-corrected chi connectivity index (χ0v) is 21.4. The second kappa shape index (κ2) is 14.1. The zero-order chi connectivity index (χ0) is 30.7. The zero-order valence-electron chi connectivity index (χ0n) is 21.4. The molecule has 2 amide bonds. The first-order valence-corrected chi connectivity index (χ1v) is 11.2. The van der Waals surface area contributed by atoms with Crippen molar-refractivity contribution in [2.75, 3.05) is 19.5 Å². The number of amides is 2. The molecule has 3 rings (SSSR count). The molecule has 0 aliphatic carbocycles. The molecular formula is C25H24F4N6O6. The number of carboxylic acids is 1. The minimum atomic E-state index is -5.08. The van der Waals surface area contributed by atoms with Crippen LogP contribution in [0.3, 0.4) is 0 Å². The van der Waals surface area contributed by atoms with Gasteiger partial charge < -0.3 is 25.6 Å². The Morgan fingerprint density at radius 3 is 2.07 bits per heavy atom. The normalized spacial score (nSPS) is 11.2. The van der Waals surface area contributed by atoms with Crippen LogP contribution in [-0.2, 0) is 9.59 Å². The number of aliphatic carboxylic acids is 1. The van der Waals surface area contributed by atoms with Crippen LogP contribution in [0.25, 0.3) is 0 Å². The van der Waals surface area contributed by atoms with Crippen molar-refractivity contribution in [1.29, 1.82) is 5.41 Å². The number of methoxy groups -OCH3 is 2. The van der Waals surface area contributed by atoms with Crippen LogP contribution in [0.5, 0.6) is 11.5 Å². The van der Waals surface area contributed by atoms with Crippen LogP contribution in [0.15, 0.2) is 60.8 Å². The van der Waals surface area contributed by atoms with E-state index in [9.17, 15) is 22.8 Å². The molecule has 0 saturated carbocycles. The average Bonchev–Trinajstić information content (AvgIpc) is 2.95. The summed E-state index contributed by atoms with van der Waals surface area (Å²) in [5, 5.41) is 17.6. The molecule has 41 heavy (non-hydrogen) atoms. The van der Waals surface area contributed by atoms with E-state index in [0.717, 1.165) is 6.07 Å². The molecule has 1 atom stereocenters. The monoisotopic (exact) mass is 580 g/mol. The fourth-order valence-electron chi connectivity index (χ4n) is 3.04. The number of nitrogens with zero attached hydrogens (tertiary/aromatic N) is 1. The summed E-state index contributed by atoms with van der Waals surface area (Å²) in [7, 11) is 2.75. The van der Waals surface area contributed by atoms with Gasteiger partial charge in [0, 0.05) is 29.1 Å². The van der Waals surface area contributed by atoms with E-state index >= 15 is 4.39 Å². The summed E-state index contributed by atoms with van der Waals surface area (Å²) in [6.07, 6.45) is -3.65. The molecule has 0 saturated heterocycles. The summed E-state index contributed by atoms with van der Waals surface area (Å²) in [5.41, 5.74) is 11.0. The number of ether oxygens (including phenoxy) is 2. The van der Waals surface area contributed by atoms with Gasteiger partial charge in [-0.25, -0.2) is 9.18 Å². The van der Waals surface area contributed by atoms with Crippen molar-refractivity contribution < 1.29 is 46.5 Å². The van der Waals surface area contributed by atoms with Crippen molar-refractivity contribution in [3.63, 3.8) is 0 Å². The van der Waals surface area contributed by atoms with Crippen molar-refractivity contribution in [3.8, 4) is 11.5 Å². The van der Waals surface area contributed by atoms with Crippen LogP contribution in [0, 0.1) is 11.2 Å². The Morgan fingerprint density at radius 1 is 1.00 bits per heavy atom. The standard InChI is InChI=1S/C23H23FN6O4.C2HF3O2/c1-33-18-11-15(16(24)12-19(18)34-2)20(28-14-8-6-13(7-9-14)21(25)26)23(32)30-29-22(31)17-5-3-4-10-27-17;3-2(4,5)1(6)7/h3-12,20,28H,1-2H3,(H3,25,26)(H,29,31)(H,30,32);(H,6,7). The molecule has 12 nitrogen and oxygen atoms in total. The number of hydrogen-bond donors (Lipinski definition) is 6. The molecule has 1 unspecified atom stereocenters. The van der Waals surface area contributed by atoms with E-state index < -0.39 is 35.8 Å². The molecule has 16 heteroatoms. The Balaban J connectivity index is 0.000000745. The second-order valence-corrected chi connectivity index (χ2v) is 7.76. The second-order valence-electron chi connectivity index (χ2n) is 7.76. The van der Waals surface area contributed by atoms with Gasteiger partial charge in [0.15, 0.2) is 11.5 Å². The predicted octanol–water partition coefficient (Wildman–Crippen LogP) is 2.77. The Kier molecular flexibility index (Phi) is 10.9. The molecule has 3 aromatic rings. The van der Waals surface area contributed by atoms with Gasteiger partial charge in [-0.3, -0.25) is 30.8 Å². The van der Waals surface area contributed by atoms with Crippen molar-refractivity contribution in [1.82, 2.24) is 15.8 Å². The van der Waals surface area contributed by atoms with Crippen molar-refractivity contribution in [2.45, 2.75) is 12.2 Å². The van der Waals surface area contributed by atoms with E-state index in [0.29, 0.717) is 11.3 Å². The number of hydrazine groups is 1. The maximum atomic E-state index is 15.0. The topological polar surface area (TPSA) is 189 Å². The minimum absolute atomic E-state index is 0.0575. The number of nitrogen functional groups attached to an aromatic ring is 1. The van der Waals surface area contributed by atoms with Crippen LogP contribution in [0.2, 0.25) is 0 Å². The molecule has 2 aromatic carbocycles. The number of pyridine rings is 1. The average molecular weight is 580 g/mol. The summed E-state index contributed by atoms with van der Waals surface area (Å²) in [6, 6.07) is 12.2. The molecule has 0 bridgehead atoms. The lowest BCUT2D eigenvalue weighted by atomic mass is 10.0. The van der Waals surface area contributed by atoms with Gasteiger partial charge >= 0.3 is 12.1 Å². The molecule has 0 aliphatic heterocycles. The fraction of sp³-hybridized carbons (Fsp3) is 0.160. The number of nitrogens with two attached hydrogens (primary N) is 1. The van der Waals surface area contributed by atoms with Crippen LogP contribution in [0.4, 0.5) is 23.2 Å². The SMILES string of the molecule is COc1cc(F)c(C(Nc2ccc(C(=N)N)cc2)C(=O)NNC(=O)c2ccccn2)cc1OC.O=C(O)C(F)(F)F. The lowest BCUT2D eigenvalue weighted by Crippen LogP contribution is -2.45. The van der Waals surface area contributed by atoms with E-state index in [4.69, 9.17) is 30.5 Å². The van der Waals surface area contributed by atoms with Crippen molar-refractivity contribution in [2.24, 2.45) is 5.73 Å². The van der Waals surface area contributed by atoms with Crippen LogP contribution < -0.4 is 31.4 Å². The van der Waals surface area contributed by atoms with Gasteiger partial charge in [-0.2, -0.15) is 13.2 Å². The molecule has 7 N–H and O–H groups in total. The summed E-state index contributed by atoms with van der Waals surface area (Å²) in [6.45, 7) is 0. The minimum Gasteiger partial charge on any atom is -0.493 e. The quantitative estimate of drug-likeness (QED) is 0.101. The third-order valence-corrected chi connectivity index (χ3v) is 5.02. The number of carbonyl (C=O) groups excluding carboxylic acids is 2. The van der Waals surface area contributed by atoms with Gasteiger partial charge in [-0.1, -0.05) is 6.07 Å². The highest BCUT2D eigenvalue weighted by Gasteiger charge is 2.38. The maximum Gasteiger partial charge on any atom is 0.490 e. The van der Waals surface area contributed by atoms with Gasteiger partial charge in [0.1, 0.15) is 23.4 Å². The van der Waals surface area contributed by atoms with Gasteiger partial charge in [-0.15, -0.1) is 0 Å². The first kappa shape index (κ1) is 31.8. The Labute approximate surface area is 230 Å². The summed E-state index contributed by atoms with van der Waals surface area (Å²) < 4.78 is 57.1. The highest BCUT2D eigenvalue weighted by molar-refractivity contribution is 5.96. The third-order valence-electron chi connectivity index (χ3n) is 5.02. The Hall–Kier alpha value is -5.41. The summed E-state index contributed by atoms with van der Waals surface area (Å²) >= 11 is 0. The van der Waals surface area contributed by atoms with E-state index in [2.05, 4.69) is 21.2 Å². The van der Waals surface area contributed by atoms with E-state index in [-0.39, 0.29) is 28.6 Å². The summed E-state index contributed by atoms with van der Waals surface area (Å²) in [4.78, 5) is 38.1. The number of carboxylic acid groups (broad SMARTS) is 1. The number of nitrogens with one attached hydrogen (secondary N) is 4. The maximum absolute atomic E-state index is 15.0. The summed E-state index contributed by atoms with van der Waals surface area (Å²) in [5.74, 6) is -4.66. The van der Waals surface area contributed by atoms with Gasteiger partial charge in [0.05, 0.1) is 14.2 Å². The van der Waals surface area contributed by atoms with Crippen LogP contribution in [-0.4, -0.2) is 54.1 Å². The lowest BCUT2D eigenvalue weighted by Gasteiger charge is -2.22. The van der Waals surface area contributed by atoms with E-state index in [1.165, 1.54) is 32.5 Å². The van der Waals surface area contributed by atoms with Crippen molar-refractivity contribution in [3.05, 3.63) is 83.4 Å². The number of halogens is 4. The number of carbonyl (C=O) groups is 3. The predicted molar refractivity (Wildman–Crippen MR) is 137 cm³/mol. The first-order chi connectivity index (χ1) is 19.3. The smallest absolute Gasteiger partial charge is 0.490 e. The number of rotatable bonds is 8. The largest absolute Gasteiger partial charge is 0.493 e. The van der Waals surface area contributed by atoms with E-state index in [1.54, 1.807) is 36.4 Å². The first-order valence-electron chi connectivity index (χ1n) is 11.2. The molecule has 0 radical (unpaired) electrons. The van der Waals surface area contributed by atoms with Gasteiger partial charge in [0.25, 0.3) is 11.8 Å². The number of benzene rings is 2. The number of anilines is 1. The molecule has 1 aromatic heterocycles. The van der Waals surface area contributed by atoms with Crippen molar-refractivity contribution >= 4 is 29.3 Å².